The van der Waals surface area contributed by atoms with E-state index < -0.39 is 10.0 Å². The Labute approximate surface area is 164 Å². The summed E-state index contributed by atoms with van der Waals surface area (Å²) in [6, 6.07) is 0.000107. The Bertz CT molecular complexity index is 457. The van der Waals surface area contributed by atoms with Gasteiger partial charge in [-0.2, -0.15) is 0 Å². The van der Waals surface area contributed by atoms with E-state index in [9.17, 15) is 8.42 Å². The molecule has 2 atom stereocenters. The summed E-state index contributed by atoms with van der Waals surface area (Å²) in [5.74, 6) is 0.725. The monoisotopic (exact) mass is 474 g/mol. The molecule has 6 nitrogen and oxygen atoms in total. The molecule has 0 heterocycles. The summed E-state index contributed by atoms with van der Waals surface area (Å²) in [6.07, 6.45) is 11.7. The van der Waals surface area contributed by atoms with Crippen molar-refractivity contribution < 1.29 is 8.42 Å². The van der Waals surface area contributed by atoms with Crippen LogP contribution in [0.1, 0.15) is 64.7 Å². The largest absolute Gasteiger partial charge is 0.370 e. The molecule has 144 valence electrons. The zero-order valence-electron chi connectivity index (χ0n) is 15.1. The molecule has 0 amide bonds. The predicted molar refractivity (Wildman–Crippen MR) is 112 cm³/mol. The van der Waals surface area contributed by atoms with Crippen LogP contribution in [0.25, 0.3) is 0 Å². The van der Waals surface area contributed by atoms with Gasteiger partial charge in [0.25, 0.3) is 0 Å². The van der Waals surface area contributed by atoms with E-state index in [4.69, 9.17) is 5.73 Å². The first-order chi connectivity index (χ1) is 10.9. The number of hydrogen-bond acceptors (Lipinski definition) is 3. The molecule has 0 saturated heterocycles. The fourth-order valence-electron chi connectivity index (χ4n) is 3.08. The molecule has 2 unspecified atom stereocenters. The van der Waals surface area contributed by atoms with Gasteiger partial charge >= 0.3 is 0 Å². The number of hydrogen-bond donors (Lipinski definition) is 3. The first kappa shape index (κ1) is 23.9. The highest BCUT2D eigenvalue weighted by atomic mass is 127. The lowest BCUT2D eigenvalue weighted by Gasteiger charge is -2.18. The fourth-order valence-corrected chi connectivity index (χ4v) is 3.94. The van der Waals surface area contributed by atoms with Crippen LogP contribution in [0.3, 0.4) is 0 Å². The Morgan fingerprint density at radius 2 is 1.83 bits per heavy atom. The van der Waals surface area contributed by atoms with Crippen molar-refractivity contribution in [2.24, 2.45) is 16.6 Å². The van der Waals surface area contributed by atoms with E-state index in [2.05, 4.69) is 22.0 Å². The highest BCUT2D eigenvalue weighted by Gasteiger charge is 2.29. The van der Waals surface area contributed by atoms with Gasteiger partial charge in [0.2, 0.25) is 10.0 Å². The van der Waals surface area contributed by atoms with E-state index >= 15 is 0 Å². The highest BCUT2D eigenvalue weighted by molar-refractivity contribution is 14.0. The topological polar surface area (TPSA) is 96.6 Å². The number of halogens is 1. The molecule has 0 aromatic heterocycles. The normalized spacial score (nSPS) is 21.5. The summed E-state index contributed by atoms with van der Waals surface area (Å²) in [4.78, 5) is 4.38. The third-order valence-electron chi connectivity index (χ3n) is 4.36. The lowest BCUT2D eigenvalue weighted by molar-refractivity contribution is 0.454. The number of guanidine groups is 1. The maximum atomic E-state index is 11.4. The van der Waals surface area contributed by atoms with Crippen LogP contribution in [0.4, 0.5) is 0 Å². The minimum atomic E-state index is -3.15. The van der Waals surface area contributed by atoms with Crippen LogP contribution in [0.15, 0.2) is 4.99 Å². The molecule has 0 bridgehead atoms. The van der Waals surface area contributed by atoms with Gasteiger partial charge in [0.05, 0.1) is 6.26 Å². The zero-order chi connectivity index (χ0) is 17.1. The first-order valence-corrected chi connectivity index (χ1v) is 10.8. The van der Waals surface area contributed by atoms with Crippen molar-refractivity contribution in [2.45, 2.75) is 70.8 Å². The van der Waals surface area contributed by atoms with Crippen molar-refractivity contribution in [2.75, 3.05) is 19.3 Å². The summed E-state index contributed by atoms with van der Waals surface area (Å²) in [5.41, 5.74) is 5.89. The van der Waals surface area contributed by atoms with Gasteiger partial charge in [-0.1, -0.05) is 45.4 Å². The van der Waals surface area contributed by atoms with Gasteiger partial charge in [0.15, 0.2) is 5.96 Å². The molecule has 4 N–H and O–H groups in total. The minimum absolute atomic E-state index is 0. The van der Waals surface area contributed by atoms with Gasteiger partial charge in [-0.3, -0.25) is 4.99 Å². The Kier molecular flexibility index (Phi) is 13.1. The molecular formula is C16H35IN4O2S. The van der Waals surface area contributed by atoms with E-state index in [1.807, 2.05) is 0 Å². The van der Waals surface area contributed by atoms with Crippen LogP contribution in [-0.4, -0.2) is 39.8 Å². The first-order valence-electron chi connectivity index (χ1n) is 8.93. The van der Waals surface area contributed by atoms with Crippen molar-refractivity contribution >= 4 is 40.0 Å². The van der Waals surface area contributed by atoms with Gasteiger partial charge in [-0.25, -0.2) is 13.1 Å². The maximum absolute atomic E-state index is 11.4. The standard InChI is InChI=1S/C16H34N4O2S.HI/c1-3-4-5-6-7-8-12-18-16(17)19-13-14-10-9-11-15(14)20-23(2,21)22;/h14-15,20H,3-13H2,1-2H3,(H3,17,18,19);1H. The van der Waals surface area contributed by atoms with Crippen LogP contribution in [0.2, 0.25) is 0 Å². The Balaban J connectivity index is 0.00000529. The lowest BCUT2D eigenvalue weighted by Crippen LogP contribution is -2.38. The molecule has 0 aromatic carbocycles. The maximum Gasteiger partial charge on any atom is 0.208 e. The van der Waals surface area contributed by atoms with E-state index in [0.29, 0.717) is 12.5 Å². The quantitative estimate of drug-likeness (QED) is 0.186. The Morgan fingerprint density at radius 1 is 1.17 bits per heavy atom. The highest BCUT2D eigenvalue weighted by Crippen LogP contribution is 2.26. The SMILES string of the molecule is CCCCCCCCNC(N)=NCC1CCCC1NS(C)(=O)=O.I. The number of nitrogens with zero attached hydrogens (tertiary/aromatic N) is 1. The number of sulfonamides is 1. The van der Waals surface area contributed by atoms with E-state index in [1.165, 1.54) is 38.4 Å². The number of nitrogens with one attached hydrogen (secondary N) is 2. The molecule has 1 aliphatic rings. The smallest absolute Gasteiger partial charge is 0.208 e. The lowest BCUT2D eigenvalue weighted by atomic mass is 10.1. The summed E-state index contributed by atoms with van der Waals surface area (Å²) < 4.78 is 25.4. The molecule has 0 spiro atoms. The van der Waals surface area contributed by atoms with E-state index in [1.54, 1.807) is 0 Å². The van der Waals surface area contributed by atoms with Gasteiger partial charge in [0.1, 0.15) is 0 Å². The molecule has 1 aliphatic carbocycles. The van der Waals surface area contributed by atoms with Crippen LogP contribution < -0.4 is 15.8 Å². The molecule has 8 heteroatoms. The van der Waals surface area contributed by atoms with Gasteiger partial charge < -0.3 is 11.1 Å². The summed E-state index contributed by atoms with van der Waals surface area (Å²) in [7, 11) is -3.15. The molecule has 0 radical (unpaired) electrons. The molecular weight excluding hydrogens is 439 g/mol. The van der Waals surface area contributed by atoms with Crippen molar-refractivity contribution in [3.05, 3.63) is 0 Å². The van der Waals surface area contributed by atoms with Crippen molar-refractivity contribution in [3.63, 3.8) is 0 Å². The molecule has 24 heavy (non-hydrogen) atoms. The van der Waals surface area contributed by atoms with Crippen molar-refractivity contribution in [1.82, 2.24) is 10.0 Å². The number of aliphatic imine (C=N–C) groups is 1. The minimum Gasteiger partial charge on any atom is -0.370 e. The van der Waals surface area contributed by atoms with E-state index in [-0.39, 0.29) is 35.9 Å². The number of unbranched alkanes of at least 4 members (excludes halogenated alkanes) is 5. The van der Waals surface area contributed by atoms with Crippen LogP contribution in [0, 0.1) is 5.92 Å². The molecule has 1 fully saturated rings. The second-order valence-corrected chi connectivity index (χ2v) is 8.39. The van der Waals surface area contributed by atoms with Crippen molar-refractivity contribution in [3.8, 4) is 0 Å². The van der Waals surface area contributed by atoms with Crippen LogP contribution in [-0.2, 0) is 10.0 Å². The van der Waals surface area contributed by atoms with Gasteiger partial charge in [0, 0.05) is 19.1 Å². The van der Waals surface area contributed by atoms with E-state index in [0.717, 1.165) is 32.2 Å². The van der Waals surface area contributed by atoms with Crippen molar-refractivity contribution in [1.29, 1.82) is 0 Å². The van der Waals surface area contributed by atoms with Crippen LogP contribution >= 0.6 is 24.0 Å². The average molecular weight is 474 g/mol. The second-order valence-electron chi connectivity index (χ2n) is 6.61. The number of rotatable bonds is 11. The average Bonchev–Trinajstić information content (AvgIpc) is 2.89. The summed E-state index contributed by atoms with van der Waals surface area (Å²) in [6.45, 7) is 3.67. The second kappa shape index (κ2) is 13.2. The number of nitrogens with two attached hydrogens (primary N) is 1. The van der Waals surface area contributed by atoms with Crippen LogP contribution in [0.5, 0.6) is 0 Å². The predicted octanol–water partition coefficient (Wildman–Crippen LogP) is 2.59. The fraction of sp³-hybridized carbons (Fsp3) is 0.938. The molecule has 1 saturated carbocycles. The Morgan fingerprint density at radius 3 is 2.50 bits per heavy atom. The summed E-state index contributed by atoms with van der Waals surface area (Å²) in [5, 5.41) is 3.15. The van der Waals surface area contributed by atoms with Gasteiger partial charge in [-0.05, 0) is 25.2 Å². The molecule has 0 aromatic rings. The third kappa shape index (κ3) is 11.5. The Hall–Kier alpha value is -0.0900. The summed E-state index contributed by atoms with van der Waals surface area (Å²) >= 11 is 0. The third-order valence-corrected chi connectivity index (χ3v) is 5.09. The van der Waals surface area contributed by atoms with Gasteiger partial charge in [-0.15, -0.1) is 24.0 Å². The molecule has 0 aliphatic heterocycles. The molecule has 1 rings (SSSR count). The zero-order valence-corrected chi connectivity index (χ0v) is 18.2.